The van der Waals surface area contributed by atoms with Crippen LogP contribution in [-0.4, -0.2) is 177 Å². The van der Waals surface area contributed by atoms with E-state index in [1.807, 2.05) is 128 Å². The van der Waals surface area contributed by atoms with Crippen molar-refractivity contribution in [2.45, 2.75) is 179 Å². The largest absolute Gasteiger partial charge is 0.449 e. The normalized spacial score (nSPS) is 26.1. The number of non-ortho nitro benzene ring substituents is 1. The van der Waals surface area contributed by atoms with Crippen molar-refractivity contribution in [1.29, 1.82) is 6.60 Å². The third kappa shape index (κ3) is 60.4. The second-order valence-corrected chi connectivity index (χ2v) is 105. The zero-order chi connectivity index (χ0) is 108. The molecule has 8 heterocycles. The summed E-state index contributed by atoms with van der Waals surface area (Å²) in [6.07, 6.45) is -7.06. The number of methoxy groups -OCH3 is 4. The van der Waals surface area contributed by atoms with Gasteiger partial charge in [0, 0.05) is 537 Å². The van der Waals surface area contributed by atoms with Gasteiger partial charge in [-0.15, -0.1) is 0 Å². The number of ether oxygens (including phenoxy) is 16. The number of aliphatic hydroxyl groups is 1. The standard InChI is InChI=1S/C21H23NO10S.2C16H22O4.C15H20O5.C3H9ClSi.C2H3N.BH.2S15.S14.U/c1-13-18(32-33(25,26)31-16-10-8-15(9-11-16)22(23)24)19-17(29-20(13)27-2)12-28-21(30-19)14-6-4-3-5-7-14;2*1-10-11(2)15(17-3)19-13-9-18-16(20-14(10)13)12-7-5-4-6-8-12;1-9-12(16)13-11(19-14(9)17-2)8-18-15(20-13)10-6-4-3-5-7-10;1-5(2,3)4;1-2-3;;2*1-3-5-7-9-11-13-15-14-12-10-8-6-4-2;1-3-5-7-9-11-13-14-12-10-8-6-4-2;/h3-11,13,17-21H,12H2,1-2H3;2*4-8,10-11,13-16H,9H2,1-3H3;3-7,9,11-16H,8H2,1-2H3;1-3H3;1H3;1H;;;;/t13?,17?,18-,19-,20+,21?;2*10-,11?,13?,14+,15+,16?;9?,11?,12-,13-,14+,15?;;;;;;;/m1111......./s1/i;;;;;;1D;;;;. The van der Waals surface area contributed by atoms with Crippen molar-refractivity contribution >= 4 is 448 Å². The number of halogens is 1. The Labute approximate surface area is 1030 Å². The smallest absolute Gasteiger partial charge is 0.390 e. The Morgan fingerprint density at radius 1 is 0.388 bits per heavy atom. The summed E-state index contributed by atoms with van der Waals surface area (Å²) < 4.78 is 133. The Morgan fingerprint density at radius 3 is 0.850 bits per heavy atom. The molecule has 25 nitrogen and oxygen atoms in total. The van der Waals surface area contributed by atoms with E-state index in [1.54, 1.807) is 318 Å². The molecule has 5 aromatic rings. The summed E-state index contributed by atoms with van der Waals surface area (Å²) >= 11 is 34.0. The molecule has 12 unspecified atom stereocenters. The minimum atomic E-state index is -4.57. The second-order valence-electron chi connectivity index (χ2n) is 29.1. The molecule has 0 spiro atoms. The Hall–Kier alpha value is 5.32. The maximum Gasteiger partial charge on any atom is 0.449 e. The number of nitrogens with zero attached hydrogens (tertiary/aromatic N) is 2. The van der Waals surface area contributed by atoms with Gasteiger partial charge < -0.3 is 85.1 Å². The Kier molecular flexibility index (Phi) is 88.2. The van der Waals surface area contributed by atoms with Gasteiger partial charge in [0.15, 0.2) is 50.3 Å². The van der Waals surface area contributed by atoms with E-state index in [2.05, 4.69) is 55.7 Å². The first-order valence-corrected chi connectivity index (χ1v) is 101. The summed E-state index contributed by atoms with van der Waals surface area (Å²) in [4.78, 5) is 10.2. The molecule has 828 valence electrons. The zero-order valence-electron chi connectivity index (χ0n) is 79.7. The number of fused-ring (bicyclic) bond motifs is 4. The van der Waals surface area contributed by atoms with Crippen LogP contribution >= 0.6 is 11.1 Å². The number of nitriles is 1. The molecule has 13 rings (SSSR count). The number of aliphatic hydroxyl groups excluding tert-OH is 1. The first-order chi connectivity index (χ1) is 71.0. The van der Waals surface area contributed by atoms with E-state index in [4.69, 9.17) is 169 Å². The van der Waals surface area contributed by atoms with Crippen molar-refractivity contribution in [2.75, 3.05) is 54.9 Å². The minimum absolute atomic E-state index is 0. The van der Waals surface area contributed by atoms with Gasteiger partial charge in [-0.2, -0.15) is 24.8 Å². The molecule has 0 aliphatic carbocycles. The molecule has 0 aromatic heterocycles. The third-order valence-corrected chi connectivity index (χ3v) is 97.9. The maximum absolute atomic E-state index is 12.7. The predicted molar refractivity (Wildman–Crippen MR) is 703 cm³/mol. The van der Waals surface area contributed by atoms with Gasteiger partial charge in [0.1, 0.15) is 55.9 Å². The van der Waals surface area contributed by atoms with Crippen LogP contribution in [0.4, 0.5) is 5.69 Å². The van der Waals surface area contributed by atoms with E-state index in [0.29, 0.717) is 43.5 Å². The van der Waals surface area contributed by atoms with E-state index in [1.165, 1.54) is 79.4 Å². The van der Waals surface area contributed by atoms with Crippen LogP contribution in [0.25, 0.3) is 0 Å². The summed E-state index contributed by atoms with van der Waals surface area (Å²) in [6, 6.07) is 45.4. The van der Waals surface area contributed by atoms with Crippen molar-refractivity contribution in [2.24, 2.45) is 35.5 Å². The van der Waals surface area contributed by atoms with Gasteiger partial charge in [0.25, 0.3) is 5.69 Å². The first kappa shape index (κ1) is 145. The maximum atomic E-state index is 12.7. The molecule has 24 atom stereocenters. The fraction of sp³-hybridized carbons (Fsp3) is 0.575. The van der Waals surface area contributed by atoms with E-state index >= 15 is 0 Å². The summed E-state index contributed by atoms with van der Waals surface area (Å²) in [5.41, 5.74) is 3.62. The van der Waals surface area contributed by atoms with Crippen LogP contribution in [0, 0.1) is 88.1 Å². The number of hydrogen-bond donors (Lipinski definition) is 1. The van der Waals surface area contributed by atoms with Gasteiger partial charge >= 0.3 is 10.4 Å². The van der Waals surface area contributed by atoms with Crippen LogP contribution in [0.2, 0.25) is 19.6 Å². The van der Waals surface area contributed by atoms with Crippen LogP contribution in [0.1, 0.15) is 95.9 Å². The van der Waals surface area contributed by atoms with E-state index in [9.17, 15) is 23.6 Å². The molecular formula is C73H100BClN2O23S45SiU. The molecule has 0 saturated carbocycles. The molecule has 0 bridgehead atoms. The topological polar surface area (TPSA) is 287 Å². The van der Waals surface area contributed by atoms with Gasteiger partial charge in [-0.3, -0.25) is 10.1 Å². The quantitative estimate of drug-likeness (QED) is 0.0496. The molecule has 0 amide bonds. The Bertz CT molecular complexity index is 6490. The predicted octanol–water partition coefficient (Wildman–Crippen LogP) is 11.5. The van der Waals surface area contributed by atoms with Crippen molar-refractivity contribution in [3.63, 3.8) is 0 Å². The van der Waals surface area contributed by atoms with Crippen LogP contribution in [0.3, 0.4) is 0 Å². The second kappa shape index (κ2) is 89.6. The fourth-order valence-electron chi connectivity index (χ4n) is 13.0. The Morgan fingerprint density at radius 2 is 0.605 bits per heavy atom. The van der Waals surface area contributed by atoms with Crippen molar-refractivity contribution in [3.8, 4) is 11.8 Å². The van der Waals surface area contributed by atoms with E-state index < -0.39 is 84.3 Å². The van der Waals surface area contributed by atoms with Gasteiger partial charge in [-0.05, 0) is 25.3 Å². The molecule has 8 aliphatic heterocycles. The first-order valence-electron chi connectivity index (χ1n) is 41.3. The van der Waals surface area contributed by atoms with Crippen molar-refractivity contribution in [1.82, 2.24) is 0 Å². The fourth-order valence-corrected chi connectivity index (χ4v) is 102. The zero-order valence-corrected chi connectivity index (χ0v) is 121. The number of hydrogen-bond acceptors (Lipinski definition) is 30. The average Bonchev–Trinajstić information content (AvgIpc) is 0.741. The summed E-state index contributed by atoms with van der Waals surface area (Å²) in [6.45, 7) is 21.6. The molecule has 8 saturated heterocycles. The average molecular weight is 3130 g/mol. The third-order valence-electron chi connectivity index (χ3n) is 19.3. The SMILES string of the molecule is CC#N.CO[C@H]1OC2COC(c3ccccc3)O[C@H]2[C@H](C)C1C.CO[C@H]1OC2COC(c3ccccc3)O[C@H]2[C@H](C)C1C.CO[C@H]1OC2COC(c3ccccc3)O[C@H]2[C@H](O)C1C.CO[C@H]1OC2COC(c3ccccc3)O[C@H]2[C@H](OS(=O)(=O)Oc2ccc([N+](=O)[O-])cc2)C1C.C[Si](C)(C)Cl.S=S=S=S=S=S=S=S=S=S=S=S=S=S.S=S=S=S=S=S=S=S=S=S=S=S=S=S=S.S=S=S=S=S=S=S=S=S=S=S=S=S=S=S.[2H][B].[U]. The van der Waals surface area contributed by atoms with Crippen LogP contribution in [0.5, 0.6) is 5.75 Å². The summed E-state index contributed by atoms with van der Waals surface area (Å²) in [7, 11) is 67.8. The van der Waals surface area contributed by atoms with Crippen LogP contribution < -0.4 is 4.18 Å². The number of nitro groups is 1. The molecule has 2 radical (unpaired) electrons. The molecule has 8 aliphatic rings. The molecule has 74 heteroatoms. The minimum Gasteiger partial charge on any atom is -0.390 e. The molecule has 5 aromatic carbocycles. The van der Waals surface area contributed by atoms with Crippen molar-refractivity contribution < 1.29 is 134 Å². The molecule has 147 heavy (non-hydrogen) atoms. The van der Waals surface area contributed by atoms with Gasteiger partial charge in [-0.1, -0.05) is 183 Å². The number of benzene rings is 5. The van der Waals surface area contributed by atoms with Gasteiger partial charge in [-0.25, -0.2) is 4.18 Å². The van der Waals surface area contributed by atoms with Gasteiger partial charge in [0.05, 0.1) is 55.7 Å². The van der Waals surface area contributed by atoms with Gasteiger partial charge in [0.2, 0.25) is 0 Å². The van der Waals surface area contributed by atoms with Crippen LogP contribution in [-0.2, 0) is 495 Å². The summed E-state index contributed by atoms with van der Waals surface area (Å²) in [5, 5.41) is 28.5. The van der Waals surface area contributed by atoms with E-state index in [0.717, 1.165) is 34.4 Å². The monoisotopic (exact) mass is 3120 g/mol. The van der Waals surface area contributed by atoms with E-state index in [-0.39, 0.29) is 111 Å². The molecule has 8 fully saturated rings. The molecular weight excluding hydrogens is 3030 g/mol. The van der Waals surface area contributed by atoms with Crippen LogP contribution in [0.15, 0.2) is 146 Å². The molecule has 1 N–H and O–H groups in total. The summed E-state index contributed by atoms with van der Waals surface area (Å²) in [5.74, 6) is 0.529. The number of rotatable bonds is 13. The number of nitro benzene ring substituents is 1. The Balaban J connectivity index is 0.000000444. The van der Waals surface area contributed by atoms with Crippen molar-refractivity contribution in [3.05, 3.63) is 178 Å².